The number of Topliss-reactive ketones (excluding diaryl/α,β-unsaturated/α-hetero) is 1. The van der Waals surface area contributed by atoms with E-state index in [9.17, 15) is 19.8 Å². The zero-order valence-corrected chi connectivity index (χ0v) is 20.5. The van der Waals surface area contributed by atoms with Crippen LogP contribution in [0.25, 0.3) is 0 Å². The van der Waals surface area contributed by atoms with Crippen LogP contribution in [0.4, 0.5) is 4.39 Å². The van der Waals surface area contributed by atoms with E-state index in [0.717, 1.165) is 5.57 Å². The van der Waals surface area contributed by atoms with Crippen molar-refractivity contribution in [1.29, 1.82) is 0 Å². The molecule has 4 rings (SSSR count). The molecule has 3 fully saturated rings. The van der Waals surface area contributed by atoms with Gasteiger partial charge in [-0.1, -0.05) is 18.6 Å². The van der Waals surface area contributed by atoms with Gasteiger partial charge in [0.25, 0.3) is 0 Å². The summed E-state index contributed by atoms with van der Waals surface area (Å²) in [6.07, 6.45) is 5.64. The first kappa shape index (κ1) is 25.6. The van der Waals surface area contributed by atoms with E-state index in [-0.39, 0.29) is 43.7 Å². The van der Waals surface area contributed by atoms with Gasteiger partial charge in [-0.25, -0.2) is 4.39 Å². The molecule has 0 saturated heterocycles. The van der Waals surface area contributed by atoms with Crippen LogP contribution in [0.15, 0.2) is 23.8 Å². The maximum atomic E-state index is 16.9. The fraction of sp³-hybridized carbons (Fsp3) is 0.769. The molecule has 7 nitrogen and oxygen atoms in total. The zero-order chi connectivity index (χ0) is 24.9. The highest BCUT2D eigenvalue weighted by atomic mass is 19.1. The number of fused-ring (bicyclic) bond motifs is 5. The van der Waals surface area contributed by atoms with E-state index in [1.807, 2.05) is 13.8 Å². The van der Waals surface area contributed by atoms with Crippen LogP contribution < -0.4 is 0 Å². The minimum Gasteiger partial charge on any atom is -0.381 e. The maximum Gasteiger partial charge on any atom is 0.190 e. The third kappa shape index (κ3) is 3.73. The number of alkyl halides is 1. The summed E-state index contributed by atoms with van der Waals surface area (Å²) in [7, 11) is 1.35. The van der Waals surface area contributed by atoms with Crippen LogP contribution in [0.5, 0.6) is 0 Å². The van der Waals surface area contributed by atoms with Gasteiger partial charge in [0.05, 0.1) is 0 Å². The predicted molar refractivity (Wildman–Crippen MR) is 121 cm³/mol. The topological polar surface area (TPSA) is 102 Å². The lowest BCUT2D eigenvalue weighted by Gasteiger charge is -2.60. The lowest BCUT2D eigenvalue weighted by molar-refractivity contribution is -0.200. The van der Waals surface area contributed by atoms with E-state index in [0.29, 0.717) is 25.7 Å². The van der Waals surface area contributed by atoms with Crippen LogP contribution in [-0.4, -0.2) is 66.0 Å². The summed E-state index contributed by atoms with van der Waals surface area (Å²) < 4.78 is 32.4. The van der Waals surface area contributed by atoms with Gasteiger partial charge in [0.2, 0.25) is 0 Å². The third-order valence-electron chi connectivity index (χ3n) is 9.47. The van der Waals surface area contributed by atoms with Crippen molar-refractivity contribution in [3.05, 3.63) is 23.8 Å². The largest absolute Gasteiger partial charge is 0.381 e. The normalized spacial score (nSPS) is 42.9. The first-order valence-electron chi connectivity index (χ1n) is 12.2. The Morgan fingerprint density at radius 2 is 1.94 bits per heavy atom. The van der Waals surface area contributed by atoms with Gasteiger partial charge >= 0.3 is 0 Å². The molecule has 2 N–H and O–H groups in total. The second kappa shape index (κ2) is 8.89. The fourth-order valence-corrected chi connectivity index (χ4v) is 7.21. The molecule has 34 heavy (non-hydrogen) atoms. The number of rotatable bonds is 8. The van der Waals surface area contributed by atoms with Gasteiger partial charge in [-0.2, -0.15) is 0 Å². The number of hydrogen-bond acceptors (Lipinski definition) is 7. The Kier molecular flexibility index (Phi) is 6.70. The molecule has 0 aromatic carbocycles. The molecule has 0 bridgehead atoms. The molecule has 0 heterocycles. The molecular formula is C26H37FO7. The van der Waals surface area contributed by atoms with Crippen molar-refractivity contribution in [3.8, 4) is 0 Å². The fourth-order valence-electron chi connectivity index (χ4n) is 7.21. The molecule has 8 atom stereocenters. The summed E-state index contributed by atoms with van der Waals surface area (Å²) >= 11 is 0. The van der Waals surface area contributed by atoms with Crippen molar-refractivity contribution in [2.45, 2.75) is 83.1 Å². The van der Waals surface area contributed by atoms with Crippen LogP contribution >= 0.6 is 0 Å². The first-order chi connectivity index (χ1) is 15.9. The summed E-state index contributed by atoms with van der Waals surface area (Å²) in [6.45, 7) is 4.98. The smallest absolute Gasteiger partial charge is 0.190 e. The number of hydrogen-bond donors (Lipinski definition) is 2. The standard InChI is InChI=1S/C26H37FO7/c1-16(34-15-22(30)32-4)33-14-21(29)26(31)10-8-19-20-6-5-17-13-18(28)7-9-23(17,2)25(20,27)12-11-24(19,26)3/h7,9,13,16,19-20,22,30-31H,5-6,8,10-12,14-15H2,1-4H3/t16?,19-,20-,22?,23-,24-,25+,26-/m0/s1. The Hall–Kier alpha value is -1.45. The molecule has 0 aliphatic heterocycles. The minimum atomic E-state index is -1.60. The highest BCUT2D eigenvalue weighted by Crippen LogP contribution is 2.69. The molecule has 8 heteroatoms. The molecule has 2 unspecified atom stereocenters. The zero-order valence-electron chi connectivity index (χ0n) is 20.5. The maximum absolute atomic E-state index is 16.9. The highest BCUT2D eigenvalue weighted by molar-refractivity contribution is 6.01. The summed E-state index contributed by atoms with van der Waals surface area (Å²) in [5, 5.41) is 21.1. The Morgan fingerprint density at radius 1 is 1.21 bits per heavy atom. The van der Waals surface area contributed by atoms with Gasteiger partial charge in [-0.15, -0.1) is 0 Å². The predicted octanol–water partition coefficient (Wildman–Crippen LogP) is 3.03. The Labute approximate surface area is 200 Å². The third-order valence-corrected chi connectivity index (χ3v) is 9.47. The van der Waals surface area contributed by atoms with Gasteiger partial charge in [-0.3, -0.25) is 9.59 Å². The molecule has 4 aliphatic rings. The molecule has 0 amide bonds. The van der Waals surface area contributed by atoms with Crippen molar-refractivity contribution in [2.75, 3.05) is 20.3 Å². The van der Waals surface area contributed by atoms with E-state index < -0.39 is 40.5 Å². The van der Waals surface area contributed by atoms with E-state index in [1.165, 1.54) is 13.2 Å². The van der Waals surface area contributed by atoms with Gasteiger partial charge < -0.3 is 24.4 Å². The number of ether oxygens (including phenoxy) is 3. The van der Waals surface area contributed by atoms with Crippen LogP contribution in [0.2, 0.25) is 0 Å². The lowest BCUT2D eigenvalue weighted by atomic mass is 9.45. The SMILES string of the molecule is COC(O)COC(C)OCC(=O)[C@@]1(O)CC[C@H]2[C@@H]3CCC4=CC(=O)C=C[C@]4(C)[C@@]3(F)CC[C@@]21C. The second-order valence-corrected chi connectivity index (χ2v) is 10.9. The number of allylic oxidation sites excluding steroid dienone is 4. The van der Waals surface area contributed by atoms with E-state index >= 15 is 4.39 Å². The average Bonchev–Trinajstić information content (AvgIpc) is 3.08. The van der Waals surface area contributed by atoms with Crippen LogP contribution in [0.3, 0.4) is 0 Å². The summed E-state index contributed by atoms with van der Waals surface area (Å²) in [5.74, 6) is -0.953. The van der Waals surface area contributed by atoms with Crippen LogP contribution in [-0.2, 0) is 23.8 Å². The number of halogens is 1. The second-order valence-electron chi connectivity index (χ2n) is 10.9. The molecule has 0 aromatic heterocycles. The summed E-state index contributed by atoms with van der Waals surface area (Å²) in [6, 6.07) is 0. The Balaban J connectivity index is 1.49. The molecular weight excluding hydrogens is 443 g/mol. The quantitative estimate of drug-likeness (QED) is 0.515. The first-order valence-corrected chi connectivity index (χ1v) is 12.2. The number of carbonyl (C=O) groups excluding carboxylic acids is 2. The Bertz CT molecular complexity index is 902. The van der Waals surface area contributed by atoms with Crippen molar-refractivity contribution in [1.82, 2.24) is 0 Å². The summed E-state index contributed by atoms with van der Waals surface area (Å²) in [5.41, 5.74) is -3.85. The monoisotopic (exact) mass is 480 g/mol. The molecule has 0 aromatic rings. The van der Waals surface area contributed by atoms with Gasteiger partial charge in [0.15, 0.2) is 24.1 Å². The number of aliphatic hydroxyl groups is 2. The number of carbonyl (C=O) groups is 2. The van der Waals surface area contributed by atoms with Gasteiger partial charge in [-0.05, 0) is 76.4 Å². The Morgan fingerprint density at radius 3 is 2.65 bits per heavy atom. The van der Waals surface area contributed by atoms with Crippen molar-refractivity contribution < 1.29 is 38.4 Å². The average molecular weight is 481 g/mol. The summed E-state index contributed by atoms with van der Waals surface area (Å²) in [4.78, 5) is 25.2. The van der Waals surface area contributed by atoms with E-state index in [4.69, 9.17) is 14.2 Å². The lowest BCUT2D eigenvalue weighted by Crippen LogP contribution is -2.63. The van der Waals surface area contributed by atoms with E-state index in [1.54, 1.807) is 19.1 Å². The van der Waals surface area contributed by atoms with Crippen molar-refractivity contribution in [3.63, 3.8) is 0 Å². The van der Waals surface area contributed by atoms with Crippen molar-refractivity contribution in [2.24, 2.45) is 22.7 Å². The molecule has 3 saturated carbocycles. The van der Waals surface area contributed by atoms with Gasteiger partial charge in [0, 0.05) is 17.9 Å². The number of ketones is 2. The number of aliphatic hydroxyl groups excluding tert-OH is 1. The highest BCUT2D eigenvalue weighted by Gasteiger charge is 2.71. The van der Waals surface area contributed by atoms with Crippen LogP contribution in [0, 0.1) is 22.7 Å². The van der Waals surface area contributed by atoms with Crippen molar-refractivity contribution >= 4 is 11.6 Å². The molecule has 0 radical (unpaired) electrons. The number of methoxy groups -OCH3 is 1. The molecule has 4 aliphatic carbocycles. The minimum absolute atomic E-state index is 0.0917. The molecule has 0 spiro atoms. The van der Waals surface area contributed by atoms with Gasteiger partial charge in [0.1, 0.15) is 24.5 Å². The molecule has 190 valence electrons. The van der Waals surface area contributed by atoms with E-state index in [2.05, 4.69) is 0 Å². The van der Waals surface area contributed by atoms with Crippen LogP contribution in [0.1, 0.15) is 59.3 Å².